The van der Waals surface area contributed by atoms with E-state index in [0.717, 1.165) is 11.5 Å². The maximum atomic E-state index is 5.81. The fraction of sp³-hybridized carbons (Fsp3) is 0.357. The number of aromatic amines is 1. The molecule has 2 aromatic rings. The van der Waals surface area contributed by atoms with Crippen LogP contribution in [0.5, 0.6) is 0 Å². The standard InChI is InChI=1S/C14H19N3/c1-8-5-9(2)13(10(3)6-8)12-7-16-14(17-12)11(4)15/h5-7,11H,15H2,1-4H3,(H,16,17). The van der Waals surface area contributed by atoms with Gasteiger partial charge >= 0.3 is 0 Å². The van der Waals surface area contributed by atoms with Gasteiger partial charge in [0.1, 0.15) is 5.82 Å². The van der Waals surface area contributed by atoms with E-state index in [9.17, 15) is 0 Å². The van der Waals surface area contributed by atoms with E-state index in [-0.39, 0.29) is 6.04 Å². The van der Waals surface area contributed by atoms with Crippen LogP contribution in [0, 0.1) is 20.8 Å². The highest BCUT2D eigenvalue weighted by atomic mass is 14.9. The molecule has 17 heavy (non-hydrogen) atoms. The van der Waals surface area contributed by atoms with Crippen LogP contribution in [0.3, 0.4) is 0 Å². The molecule has 0 bridgehead atoms. The highest BCUT2D eigenvalue weighted by Gasteiger charge is 2.11. The third-order valence-electron chi connectivity index (χ3n) is 2.97. The normalized spacial score (nSPS) is 12.8. The zero-order chi connectivity index (χ0) is 12.6. The summed E-state index contributed by atoms with van der Waals surface area (Å²) in [6.45, 7) is 8.30. The Labute approximate surface area is 102 Å². The van der Waals surface area contributed by atoms with Crippen LogP contribution in [-0.2, 0) is 0 Å². The average Bonchev–Trinajstić information content (AvgIpc) is 2.65. The van der Waals surface area contributed by atoms with E-state index < -0.39 is 0 Å². The number of imidazole rings is 1. The summed E-state index contributed by atoms with van der Waals surface area (Å²) in [5, 5.41) is 0. The Morgan fingerprint density at radius 3 is 2.24 bits per heavy atom. The van der Waals surface area contributed by atoms with Crippen molar-refractivity contribution < 1.29 is 0 Å². The summed E-state index contributed by atoms with van der Waals surface area (Å²) in [7, 11) is 0. The second-order valence-electron chi connectivity index (χ2n) is 4.74. The summed E-state index contributed by atoms with van der Waals surface area (Å²) in [5.41, 5.74) is 11.9. The number of nitrogens with two attached hydrogens (primary N) is 1. The number of nitrogens with zero attached hydrogens (tertiary/aromatic N) is 1. The Bertz CT molecular complexity index is 515. The summed E-state index contributed by atoms with van der Waals surface area (Å²) in [6.07, 6.45) is 1.86. The lowest BCUT2D eigenvalue weighted by Crippen LogP contribution is -2.06. The van der Waals surface area contributed by atoms with Crippen molar-refractivity contribution in [2.75, 3.05) is 0 Å². The molecule has 2 rings (SSSR count). The van der Waals surface area contributed by atoms with Crippen molar-refractivity contribution >= 4 is 0 Å². The van der Waals surface area contributed by atoms with Crippen LogP contribution in [0.25, 0.3) is 11.3 Å². The number of H-pyrrole nitrogens is 1. The fourth-order valence-electron chi connectivity index (χ4n) is 2.30. The fourth-order valence-corrected chi connectivity index (χ4v) is 2.30. The SMILES string of the molecule is Cc1cc(C)c(-c2cnc(C(C)N)[nH]2)c(C)c1. The second-order valence-corrected chi connectivity index (χ2v) is 4.74. The van der Waals surface area contributed by atoms with Crippen LogP contribution in [0.15, 0.2) is 18.3 Å². The zero-order valence-electron chi connectivity index (χ0n) is 10.8. The van der Waals surface area contributed by atoms with Crippen molar-refractivity contribution in [1.82, 2.24) is 9.97 Å². The van der Waals surface area contributed by atoms with Crippen LogP contribution in [0.4, 0.5) is 0 Å². The molecular weight excluding hydrogens is 210 g/mol. The molecule has 90 valence electrons. The minimum absolute atomic E-state index is 0.0604. The number of hydrogen-bond donors (Lipinski definition) is 2. The van der Waals surface area contributed by atoms with Gasteiger partial charge in [0.05, 0.1) is 17.9 Å². The first-order valence-electron chi connectivity index (χ1n) is 5.87. The first kappa shape index (κ1) is 11.9. The maximum absolute atomic E-state index is 5.81. The van der Waals surface area contributed by atoms with E-state index >= 15 is 0 Å². The molecule has 0 fully saturated rings. The molecule has 3 heteroatoms. The summed E-state index contributed by atoms with van der Waals surface area (Å²) < 4.78 is 0. The lowest BCUT2D eigenvalue weighted by molar-refractivity contribution is 0.756. The Balaban J connectivity index is 2.52. The summed E-state index contributed by atoms with van der Waals surface area (Å²) in [5.74, 6) is 0.833. The van der Waals surface area contributed by atoms with E-state index in [4.69, 9.17) is 5.73 Å². The first-order chi connectivity index (χ1) is 7.99. The van der Waals surface area contributed by atoms with Crippen LogP contribution in [0.2, 0.25) is 0 Å². The van der Waals surface area contributed by atoms with Gasteiger partial charge in [-0.1, -0.05) is 17.7 Å². The molecule has 1 atom stereocenters. The van der Waals surface area contributed by atoms with Crippen LogP contribution in [-0.4, -0.2) is 9.97 Å². The Morgan fingerprint density at radius 1 is 1.18 bits per heavy atom. The number of rotatable bonds is 2. The van der Waals surface area contributed by atoms with Gasteiger partial charge < -0.3 is 10.7 Å². The second kappa shape index (κ2) is 4.34. The zero-order valence-corrected chi connectivity index (χ0v) is 10.8. The number of benzene rings is 1. The Hall–Kier alpha value is -1.61. The molecule has 3 N–H and O–H groups in total. The lowest BCUT2D eigenvalue weighted by Gasteiger charge is -2.09. The largest absolute Gasteiger partial charge is 0.341 e. The summed E-state index contributed by atoms with van der Waals surface area (Å²) in [4.78, 5) is 7.61. The van der Waals surface area contributed by atoms with Crippen molar-refractivity contribution in [3.63, 3.8) is 0 Å². The van der Waals surface area contributed by atoms with Gasteiger partial charge in [-0.05, 0) is 38.8 Å². The maximum Gasteiger partial charge on any atom is 0.123 e. The third kappa shape index (κ3) is 2.24. The van der Waals surface area contributed by atoms with Gasteiger partial charge in [0.25, 0.3) is 0 Å². The molecular formula is C14H19N3. The minimum Gasteiger partial charge on any atom is -0.341 e. The predicted molar refractivity (Wildman–Crippen MR) is 70.8 cm³/mol. The molecule has 0 aliphatic rings. The van der Waals surface area contributed by atoms with Crippen molar-refractivity contribution in [2.45, 2.75) is 33.7 Å². The molecule has 0 aliphatic carbocycles. The van der Waals surface area contributed by atoms with E-state index in [1.54, 1.807) is 0 Å². The van der Waals surface area contributed by atoms with Crippen LogP contribution in [0.1, 0.15) is 35.5 Å². The molecule has 1 aromatic carbocycles. The molecule has 0 radical (unpaired) electrons. The van der Waals surface area contributed by atoms with Gasteiger partial charge in [-0.25, -0.2) is 4.98 Å². The van der Waals surface area contributed by atoms with Gasteiger partial charge in [0.2, 0.25) is 0 Å². The third-order valence-corrected chi connectivity index (χ3v) is 2.97. The Kier molecular flexibility index (Phi) is 3.03. The predicted octanol–water partition coefficient (Wildman–Crippen LogP) is 3.02. The summed E-state index contributed by atoms with van der Waals surface area (Å²) >= 11 is 0. The highest BCUT2D eigenvalue weighted by Crippen LogP contribution is 2.27. The van der Waals surface area contributed by atoms with E-state index in [0.29, 0.717) is 0 Å². The van der Waals surface area contributed by atoms with Crippen molar-refractivity contribution in [3.05, 3.63) is 40.8 Å². The van der Waals surface area contributed by atoms with Gasteiger partial charge in [0.15, 0.2) is 0 Å². The molecule has 1 unspecified atom stereocenters. The monoisotopic (exact) mass is 229 g/mol. The van der Waals surface area contributed by atoms with Crippen LogP contribution < -0.4 is 5.73 Å². The summed E-state index contributed by atoms with van der Waals surface area (Å²) in [6, 6.07) is 4.32. The molecule has 0 saturated heterocycles. The van der Waals surface area contributed by atoms with E-state index in [1.165, 1.54) is 22.3 Å². The van der Waals surface area contributed by atoms with Crippen molar-refractivity contribution in [2.24, 2.45) is 5.73 Å². The molecule has 0 spiro atoms. The molecule has 3 nitrogen and oxygen atoms in total. The van der Waals surface area contributed by atoms with Gasteiger partial charge in [-0.15, -0.1) is 0 Å². The van der Waals surface area contributed by atoms with Gasteiger partial charge in [-0.3, -0.25) is 0 Å². The number of aryl methyl sites for hydroxylation is 3. The van der Waals surface area contributed by atoms with E-state index in [1.807, 2.05) is 13.1 Å². The smallest absolute Gasteiger partial charge is 0.123 e. The number of aromatic nitrogens is 2. The number of nitrogens with one attached hydrogen (secondary N) is 1. The topological polar surface area (TPSA) is 54.7 Å². The van der Waals surface area contributed by atoms with Gasteiger partial charge in [-0.2, -0.15) is 0 Å². The molecule has 0 aliphatic heterocycles. The minimum atomic E-state index is -0.0604. The Morgan fingerprint density at radius 2 is 1.76 bits per heavy atom. The van der Waals surface area contributed by atoms with Crippen LogP contribution >= 0.6 is 0 Å². The van der Waals surface area contributed by atoms with Crippen molar-refractivity contribution in [1.29, 1.82) is 0 Å². The molecule has 1 aromatic heterocycles. The molecule has 0 saturated carbocycles. The highest BCUT2D eigenvalue weighted by molar-refractivity contribution is 5.67. The average molecular weight is 229 g/mol. The van der Waals surface area contributed by atoms with E-state index in [2.05, 4.69) is 42.9 Å². The first-order valence-corrected chi connectivity index (χ1v) is 5.87. The quantitative estimate of drug-likeness (QED) is 0.831. The molecule has 1 heterocycles. The lowest BCUT2D eigenvalue weighted by atomic mass is 9.98. The van der Waals surface area contributed by atoms with Gasteiger partial charge in [0, 0.05) is 5.56 Å². The van der Waals surface area contributed by atoms with Crippen molar-refractivity contribution in [3.8, 4) is 11.3 Å². The molecule has 0 amide bonds. The number of hydrogen-bond acceptors (Lipinski definition) is 2.